The van der Waals surface area contributed by atoms with Gasteiger partial charge in [-0.05, 0) is 67.3 Å². The van der Waals surface area contributed by atoms with Crippen LogP contribution in [0.3, 0.4) is 0 Å². The van der Waals surface area contributed by atoms with Crippen LogP contribution in [-0.4, -0.2) is 20.9 Å². The average molecular weight is 360 g/mol. The van der Waals surface area contributed by atoms with Gasteiger partial charge in [-0.1, -0.05) is 0 Å². The molecular formula is C18H17FN2O3S. The average Bonchev–Trinajstić information content (AvgIpc) is 2.82. The molecule has 0 saturated carbocycles. The molecular weight excluding hydrogens is 343 g/mol. The number of carbonyl (C=O) groups is 1. The fourth-order valence-corrected chi connectivity index (χ4v) is 4.62. The molecule has 0 saturated heterocycles. The smallest absolute Gasteiger partial charge is 0.261 e. The highest BCUT2D eigenvalue weighted by Gasteiger charge is 2.38. The van der Waals surface area contributed by atoms with E-state index in [2.05, 4.69) is 4.72 Å². The summed E-state index contributed by atoms with van der Waals surface area (Å²) >= 11 is 0. The first-order valence-corrected chi connectivity index (χ1v) is 9.62. The molecule has 0 radical (unpaired) electrons. The third-order valence-electron chi connectivity index (χ3n) is 4.80. The lowest BCUT2D eigenvalue weighted by atomic mass is 9.96. The highest BCUT2D eigenvalue weighted by Crippen LogP contribution is 2.44. The minimum atomic E-state index is -3.81. The number of anilines is 2. The Kier molecular flexibility index (Phi) is 3.57. The van der Waals surface area contributed by atoms with Gasteiger partial charge in [-0.2, -0.15) is 0 Å². The van der Waals surface area contributed by atoms with E-state index >= 15 is 0 Å². The zero-order valence-electron chi connectivity index (χ0n) is 13.6. The Hall–Kier alpha value is -2.41. The van der Waals surface area contributed by atoms with E-state index in [0.29, 0.717) is 12.2 Å². The highest BCUT2D eigenvalue weighted by molar-refractivity contribution is 7.92. The molecule has 4 rings (SSSR count). The number of sulfonamides is 1. The van der Waals surface area contributed by atoms with Gasteiger partial charge in [0.2, 0.25) is 5.91 Å². The van der Waals surface area contributed by atoms with Crippen molar-refractivity contribution < 1.29 is 17.6 Å². The molecule has 0 bridgehead atoms. The number of hydrogen-bond donors (Lipinski definition) is 1. The van der Waals surface area contributed by atoms with Gasteiger partial charge in [-0.3, -0.25) is 9.52 Å². The van der Waals surface area contributed by atoms with E-state index in [9.17, 15) is 17.6 Å². The van der Waals surface area contributed by atoms with Crippen LogP contribution in [0.5, 0.6) is 0 Å². The fourth-order valence-electron chi connectivity index (χ4n) is 3.58. The SMILES string of the molecule is CC1C(=O)N2CCCc3cc(NS(=O)(=O)c4ccc(F)cc4)cc1c32. The first-order valence-electron chi connectivity index (χ1n) is 8.13. The van der Waals surface area contributed by atoms with Gasteiger partial charge in [0.1, 0.15) is 5.82 Å². The maximum atomic E-state index is 13.0. The zero-order chi connectivity index (χ0) is 17.8. The number of amides is 1. The van der Waals surface area contributed by atoms with Gasteiger partial charge in [0, 0.05) is 12.2 Å². The second kappa shape index (κ2) is 5.56. The van der Waals surface area contributed by atoms with Crippen LogP contribution in [0.1, 0.15) is 30.4 Å². The van der Waals surface area contributed by atoms with Crippen molar-refractivity contribution in [2.45, 2.75) is 30.6 Å². The van der Waals surface area contributed by atoms with Crippen molar-refractivity contribution in [3.63, 3.8) is 0 Å². The molecule has 0 aliphatic carbocycles. The normalized spacial score (nSPS) is 19.0. The number of halogens is 1. The van der Waals surface area contributed by atoms with Crippen LogP contribution in [0.2, 0.25) is 0 Å². The largest absolute Gasteiger partial charge is 0.311 e. The number of aryl methyl sites for hydroxylation is 1. The van der Waals surface area contributed by atoms with Crippen molar-refractivity contribution in [3.8, 4) is 0 Å². The van der Waals surface area contributed by atoms with E-state index in [0.717, 1.165) is 41.8 Å². The van der Waals surface area contributed by atoms with Gasteiger partial charge >= 0.3 is 0 Å². The Morgan fingerprint density at radius 2 is 1.92 bits per heavy atom. The summed E-state index contributed by atoms with van der Waals surface area (Å²) in [5, 5.41) is 0. The number of benzene rings is 2. The number of carbonyl (C=O) groups excluding carboxylic acids is 1. The number of rotatable bonds is 3. The number of nitrogens with one attached hydrogen (secondary N) is 1. The van der Waals surface area contributed by atoms with Crippen LogP contribution in [0, 0.1) is 5.82 Å². The molecule has 7 heteroatoms. The van der Waals surface area contributed by atoms with Crippen molar-refractivity contribution in [3.05, 3.63) is 53.3 Å². The van der Waals surface area contributed by atoms with E-state index in [1.54, 1.807) is 17.0 Å². The molecule has 0 fully saturated rings. The lowest BCUT2D eigenvalue weighted by Gasteiger charge is -2.26. The lowest BCUT2D eigenvalue weighted by Crippen LogP contribution is -2.32. The molecule has 5 nitrogen and oxygen atoms in total. The van der Waals surface area contributed by atoms with Crippen LogP contribution < -0.4 is 9.62 Å². The molecule has 2 aliphatic heterocycles. The zero-order valence-corrected chi connectivity index (χ0v) is 14.4. The Balaban J connectivity index is 1.73. The van der Waals surface area contributed by atoms with Crippen LogP contribution in [0.25, 0.3) is 0 Å². The van der Waals surface area contributed by atoms with E-state index in [1.807, 2.05) is 6.92 Å². The van der Waals surface area contributed by atoms with Crippen molar-refractivity contribution in [2.24, 2.45) is 0 Å². The molecule has 1 unspecified atom stereocenters. The van der Waals surface area contributed by atoms with Crippen molar-refractivity contribution in [1.82, 2.24) is 0 Å². The molecule has 1 N–H and O–H groups in total. The third kappa shape index (κ3) is 2.59. The van der Waals surface area contributed by atoms with Crippen LogP contribution in [0.4, 0.5) is 15.8 Å². The van der Waals surface area contributed by atoms with E-state index in [1.165, 1.54) is 12.1 Å². The van der Waals surface area contributed by atoms with E-state index in [4.69, 9.17) is 0 Å². The number of hydrogen-bond acceptors (Lipinski definition) is 3. The standard InChI is InChI=1S/C18H17FN2O3S/c1-11-16-10-14(9-12-3-2-8-21(17(12)16)18(11)22)20-25(23,24)15-6-4-13(19)5-7-15/h4-7,9-11,20H,2-3,8H2,1H3. The van der Waals surface area contributed by atoms with Crippen molar-refractivity contribution >= 4 is 27.3 Å². The fraction of sp³-hybridized carbons (Fsp3) is 0.278. The Bertz CT molecular complexity index is 971. The van der Waals surface area contributed by atoms with Gasteiger partial charge < -0.3 is 4.90 Å². The predicted octanol–water partition coefficient (Wildman–Crippen LogP) is 3.02. The van der Waals surface area contributed by atoms with E-state index in [-0.39, 0.29) is 16.7 Å². The summed E-state index contributed by atoms with van der Waals surface area (Å²) in [6.07, 6.45) is 1.67. The maximum absolute atomic E-state index is 13.0. The topological polar surface area (TPSA) is 66.5 Å². The summed E-state index contributed by atoms with van der Waals surface area (Å²) < 4.78 is 40.6. The Labute approximate surface area is 145 Å². The van der Waals surface area contributed by atoms with Gasteiger partial charge in [-0.15, -0.1) is 0 Å². The third-order valence-corrected chi connectivity index (χ3v) is 6.19. The number of nitrogens with zero attached hydrogens (tertiary/aromatic N) is 1. The van der Waals surface area contributed by atoms with Gasteiger partial charge in [0.25, 0.3) is 10.0 Å². The quantitative estimate of drug-likeness (QED) is 0.915. The summed E-state index contributed by atoms with van der Waals surface area (Å²) in [4.78, 5) is 14.2. The van der Waals surface area contributed by atoms with Crippen molar-refractivity contribution in [1.29, 1.82) is 0 Å². The van der Waals surface area contributed by atoms with Gasteiger partial charge in [0.05, 0.1) is 16.5 Å². The minimum absolute atomic E-state index is 0.00575. The molecule has 2 heterocycles. The van der Waals surface area contributed by atoms with E-state index < -0.39 is 15.8 Å². The molecule has 1 atom stereocenters. The molecule has 0 aromatic heterocycles. The second-order valence-electron chi connectivity index (χ2n) is 6.45. The Morgan fingerprint density at radius 3 is 2.64 bits per heavy atom. The highest BCUT2D eigenvalue weighted by atomic mass is 32.2. The van der Waals surface area contributed by atoms with Gasteiger partial charge in [-0.25, -0.2) is 12.8 Å². The van der Waals surface area contributed by atoms with Crippen molar-refractivity contribution in [2.75, 3.05) is 16.2 Å². The summed E-state index contributed by atoms with van der Waals surface area (Å²) in [6.45, 7) is 2.55. The summed E-state index contributed by atoms with van der Waals surface area (Å²) in [6, 6.07) is 8.19. The molecule has 0 spiro atoms. The second-order valence-corrected chi connectivity index (χ2v) is 8.13. The van der Waals surface area contributed by atoms with Crippen LogP contribution in [-0.2, 0) is 21.2 Å². The molecule has 130 valence electrons. The molecule has 2 aromatic carbocycles. The summed E-state index contributed by atoms with van der Waals surface area (Å²) in [7, 11) is -3.81. The Morgan fingerprint density at radius 1 is 1.20 bits per heavy atom. The van der Waals surface area contributed by atoms with Crippen LogP contribution >= 0.6 is 0 Å². The summed E-state index contributed by atoms with van der Waals surface area (Å²) in [5.74, 6) is -0.704. The predicted molar refractivity (Wildman–Crippen MR) is 92.7 cm³/mol. The summed E-state index contributed by atoms with van der Waals surface area (Å²) in [5.41, 5.74) is 3.22. The van der Waals surface area contributed by atoms with Gasteiger partial charge in [0.15, 0.2) is 0 Å². The van der Waals surface area contributed by atoms with Crippen LogP contribution in [0.15, 0.2) is 41.3 Å². The monoisotopic (exact) mass is 360 g/mol. The first kappa shape index (κ1) is 16.1. The molecule has 1 amide bonds. The lowest BCUT2D eigenvalue weighted by molar-refractivity contribution is -0.119. The molecule has 2 aliphatic rings. The maximum Gasteiger partial charge on any atom is 0.261 e. The minimum Gasteiger partial charge on any atom is -0.311 e. The first-order chi connectivity index (χ1) is 11.9. The molecule has 2 aromatic rings. The molecule has 25 heavy (non-hydrogen) atoms.